The number of aliphatic hydroxyl groups is 1. The lowest BCUT2D eigenvalue weighted by atomic mass is 10.0. The van der Waals surface area contributed by atoms with E-state index in [4.69, 9.17) is 14.2 Å². The zero-order chi connectivity index (χ0) is 39.8. The van der Waals surface area contributed by atoms with Crippen LogP contribution < -0.4 is 0 Å². The maximum Gasteiger partial charge on any atom is 0.0809 e. The molecule has 2 atom stereocenters. The van der Waals surface area contributed by atoms with E-state index in [2.05, 4.69) is 20.8 Å². The maximum atomic E-state index is 10.7. The van der Waals surface area contributed by atoms with Gasteiger partial charge >= 0.3 is 0 Å². The van der Waals surface area contributed by atoms with Crippen molar-refractivity contribution in [2.75, 3.05) is 33.0 Å². The highest BCUT2D eigenvalue weighted by Gasteiger charge is 2.14. The van der Waals surface area contributed by atoms with Crippen molar-refractivity contribution in [3.8, 4) is 0 Å². The number of ether oxygens (including phenoxy) is 3. The molecule has 0 unspecified atom stereocenters. The van der Waals surface area contributed by atoms with E-state index in [1.54, 1.807) is 0 Å². The maximum absolute atomic E-state index is 10.7. The molecule has 4 heteroatoms. The summed E-state index contributed by atoms with van der Waals surface area (Å²) in [7, 11) is 0. The summed E-state index contributed by atoms with van der Waals surface area (Å²) in [6.07, 6.45) is 54.7. The van der Waals surface area contributed by atoms with Crippen molar-refractivity contribution in [3.05, 3.63) is 0 Å². The van der Waals surface area contributed by atoms with E-state index in [9.17, 15) is 5.11 Å². The molecule has 0 radical (unpaired) electrons. The van der Waals surface area contributed by atoms with Gasteiger partial charge in [0.15, 0.2) is 0 Å². The topological polar surface area (TPSA) is 47.9 Å². The van der Waals surface area contributed by atoms with Crippen molar-refractivity contribution in [2.24, 2.45) is 0 Å². The van der Waals surface area contributed by atoms with Gasteiger partial charge in [-0.3, -0.25) is 0 Å². The van der Waals surface area contributed by atoms with Crippen LogP contribution in [-0.2, 0) is 14.2 Å². The van der Waals surface area contributed by atoms with Crippen LogP contribution in [0.15, 0.2) is 0 Å². The van der Waals surface area contributed by atoms with Crippen molar-refractivity contribution >= 4 is 0 Å². The molecule has 1 N–H and O–H groups in total. The minimum Gasteiger partial charge on any atom is -0.391 e. The second-order valence-corrected chi connectivity index (χ2v) is 17.6. The van der Waals surface area contributed by atoms with Crippen LogP contribution in [0.3, 0.4) is 0 Å². The number of rotatable bonds is 50. The predicted molar refractivity (Wildman–Crippen MR) is 244 cm³/mol. The standard InChI is InChI=1S/C51H104O4/c1-4-7-10-13-16-19-22-25-28-31-34-37-40-45-53-48-50(52)43-44-51(55-47-42-39-36-33-30-27-24-21-18-15-12-9-6-3)49-54-46-41-38-35-32-29-26-23-20-17-14-11-8-5-2/h50-52H,4-49H2,1-3H3/t50-,51+/m0/s1. The average molecular weight is 781 g/mol. The Balaban J connectivity index is 4.04. The van der Waals surface area contributed by atoms with E-state index in [0.717, 1.165) is 51.9 Å². The summed E-state index contributed by atoms with van der Waals surface area (Å²) < 4.78 is 18.4. The second kappa shape index (κ2) is 50.0. The first-order chi connectivity index (χ1) is 27.2. The van der Waals surface area contributed by atoms with E-state index in [0.29, 0.717) is 13.2 Å². The van der Waals surface area contributed by atoms with Crippen LogP contribution in [-0.4, -0.2) is 50.3 Å². The highest BCUT2D eigenvalue weighted by atomic mass is 16.5. The summed E-state index contributed by atoms with van der Waals surface area (Å²) in [5, 5.41) is 10.7. The largest absolute Gasteiger partial charge is 0.391 e. The SMILES string of the molecule is CCCCCCCCCCCCCCCOC[C@@H](O)CC[C@H](COCCCCCCCCCCCCCCC)OCCCCCCCCCCCCCCC. The van der Waals surface area contributed by atoms with Crippen molar-refractivity contribution in [2.45, 2.75) is 296 Å². The Hall–Kier alpha value is -0.160. The first-order valence-corrected chi connectivity index (χ1v) is 25.7. The van der Waals surface area contributed by atoms with Gasteiger partial charge in [0.2, 0.25) is 0 Å². The smallest absolute Gasteiger partial charge is 0.0809 e. The summed E-state index contributed by atoms with van der Waals surface area (Å²) in [5.74, 6) is 0. The number of unbranched alkanes of at least 4 members (excludes halogenated alkanes) is 36. The van der Waals surface area contributed by atoms with E-state index >= 15 is 0 Å². The molecule has 332 valence electrons. The fourth-order valence-electron chi connectivity index (χ4n) is 7.92. The van der Waals surface area contributed by atoms with Gasteiger partial charge in [-0.1, -0.05) is 252 Å². The lowest BCUT2D eigenvalue weighted by Gasteiger charge is -2.20. The van der Waals surface area contributed by atoms with Crippen LogP contribution >= 0.6 is 0 Å². The van der Waals surface area contributed by atoms with Gasteiger partial charge in [-0.25, -0.2) is 0 Å². The molecule has 0 bridgehead atoms. The molecule has 0 aromatic heterocycles. The van der Waals surface area contributed by atoms with Gasteiger partial charge < -0.3 is 19.3 Å². The van der Waals surface area contributed by atoms with Crippen LogP contribution in [0.2, 0.25) is 0 Å². The number of hydrogen-bond donors (Lipinski definition) is 1. The summed E-state index contributed by atoms with van der Waals surface area (Å²) >= 11 is 0. The Kier molecular flexibility index (Phi) is 49.8. The van der Waals surface area contributed by atoms with Crippen LogP contribution in [0, 0.1) is 0 Å². The lowest BCUT2D eigenvalue weighted by Crippen LogP contribution is -2.25. The van der Waals surface area contributed by atoms with Crippen LogP contribution in [0.25, 0.3) is 0 Å². The molecule has 4 nitrogen and oxygen atoms in total. The Morgan fingerprint density at radius 3 is 0.855 bits per heavy atom. The molecule has 0 aliphatic carbocycles. The van der Waals surface area contributed by atoms with Gasteiger partial charge in [-0.05, 0) is 32.1 Å². The van der Waals surface area contributed by atoms with Crippen molar-refractivity contribution in [1.29, 1.82) is 0 Å². The van der Waals surface area contributed by atoms with Gasteiger partial charge in [-0.15, -0.1) is 0 Å². The summed E-state index contributed by atoms with van der Waals surface area (Å²) in [6.45, 7) is 10.4. The van der Waals surface area contributed by atoms with Crippen molar-refractivity contribution in [3.63, 3.8) is 0 Å². The molecule has 0 saturated heterocycles. The van der Waals surface area contributed by atoms with E-state index in [1.165, 1.54) is 231 Å². The van der Waals surface area contributed by atoms with Gasteiger partial charge in [-0.2, -0.15) is 0 Å². The Bertz CT molecular complexity index is 657. The Morgan fingerprint density at radius 1 is 0.291 bits per heavy atom. The minimum atomic E-state index is -0.412. The van der Waals surface area contributed by atoms with Crippen molar-refractivity contribution in [1.82, 2.24) is 0 Å². The fourth-order valence-corrected chi connectivity index (χ4v) is 7.92. The van der Waals surface area contributed by atoms with Gasteiger partial charge in [0, 0.05) is 19.8 Å². The molecule has 0 heterocycles. The molecule has 55 heavy (non-hydrogen) atoms. The van der Waals surface area contributed by atoms with E-state index in [-0.39, 0.29) is 6.10 Å². The van der Waals surface area contributed by atoms with E-state index in [1.807, 2.05) is 0 Å². The van der Waals surface area contributed by atoms with Crippen LogP contribution in [0.1, 0.15) is 284 Å². The molecule has 0 aromatic rings. The van der Waals surface area contributed by atoms with Crippen LogP contribution in [0.4, 0.5) is 0 Å². The van der Waals surface area contributed by atoms with E-state index < -0.39 is 6.10 Å². The molecule has 0 rings (SSSR count). The first-order valence-electron chi connectivity index (χ1n) is 25.7. The summed E-state index contributed by atoms with van der Waals surface area (Å²) in [6, 6.07) is 0. The lowest BCUT2D eigenvalue weighted by molar-refractivity contribution is -0.0342. The average Bonchev–Trinajstić information content (AvgIpc) is 3.19. The highest BCUT2D eigenvalue weighted by molar-refractivity contribution is 4.64. The minimum absolute atomic E-state index is 0.0787. The third kappa shape index (κ3) is 48.1. The monoisotopic (exact) mass is 781 g/mol. The van der Waals surface area contributed by atoms with Gasteiger partial charge in [0.25, 0.3) is 0 Å². The molecule has 0 saturated carbocycles. The molecule has 0 aliphatic heterocycles. The van der Waals surface area contributed by atoms with Gasteiger partial charge in [0.1, 0.15) is 0 Å². The second-order valence-electron chi connectivity index (χ2n) is 17.6. The molecule has 0 spiro atoms. The Morgan fingerprint density at radius 2 is 0.545 bits per heavy atom. The molecular formula is C51H104O4. The van der Waals surface area contributed by atoms with Crippen molar-refractivity contribution < 1.29 is 19.3 Å². The zero-order valence-corrected chi connectivity index (χ0v) is 38.4. The molecule has 0 aromatic carbocycles. The first kappa shape index (κ1) is 54.8. The summed E-state index contributed by atoms with van der Waals surface area (Å²) in [4.78, 5) is 0. The molecular weight excluding hydrogens is 677 g/mol. The predicted octanol–water partition coefficient (Wildman–Crippen LogP) is 16.8. The number of aliphatic hydroxyl groups excluding tert-OH is 1. The Labute approximate surface area is 347 Å². The highest BCUT2D eigenvalue weighted by Crippen LogP contribution is 2.16. The summed E-state index contributed by atoms with van der Waals surface area (Å²) in [5.41, 5.74) is 0. The normalized spacial score (nSPS) is 12.9. The fraction of sp³-hybridized carbons (Fsp3) is 1.00. The quantitative estimate of drug-likeness (QED) is 0.0625. The zero-order valence-electron chi connectivity index (χ0n) is 38.4. The molecule has 0 fully saturated rings. The van der Waals surface area contributed by atoms with Crippen LogP contribution in [0.5, 0.6) is 0 Å². The molecule has 0 aliphatic rings. The third-order valence-electron chi connectivity index (χ3n) is 11.8. The number of hydrogen-bond acceptors (Lipinski definition) is 4. The molecule has 0 amide bonds. The third-order valence-corrected chi connectivity index (χ3v) is 11.8. The van der Waals surface area contributed by atoms with Gasteiger partial charge in [0.05, 0.1) is 25.4 Å².